The van der Waals surface area contributed by atoms with Crippen LogP contribution in [0, 0.1) is 0 Å². The summed E-state index contributed by atoms with van der Waals surface area (Å²) in [5.41, 5.74) is 0. The van der Waals surface area contributed by atoms with Crippen molar-refractivity contribution in [1.29, 1.82) is 0 Å². The van der Waals surface area contributed by atoms with E-state index in [0.717, 1.165) is 44.9 Å². The van der Waals surface area contributed by atoms with Crippen molar-refractivity contribution in [2.24, 2.45) is 0 Å². The minimum Gasteiger partial charge on any atom is -0.466 e. The van der Waals surface area contributed by atoms with Gasteiger partial charge in [0.15, 0.2) is 0 Å². The molecule has 206 valence electrons. The number of ether oxygens (including phenoxy) is 2. The van der Waals surface area contributed by atoms with Gasteiger partial charge in [-0.15, -0.1) is 0 Å². The molecule has 0 radical (unpaired) electrons. The zero-order valence-electron chi connectivity index (χ0n) is 23.7. The predicted molar refractivity (Wildman–Crippen MR) is 155 cm³/mol. The maximum absolute atomic E-state index is 10.5. The van der Waals surface area contributed by atoms with Gasteiger partial charge in [-0.3, -0.25) is 9.59 Å². The molecular weight excluding hydrogens is 448 g/mol. The Labute approximate surface area is 222 Å². The van der Waals surface area contributed by atoms with Crippen molar-refractivity contribution in [1.82, 2.24) is 0 Å². The van der Waals surface area contributed by atoms with Crippen molar-refractivity contribution in [2.75, 3.05) is 13.2 Å². The van der Waals surface area contributed by atoms with Gasteiger partial charge in [-0.1, -0.05) is 87.4 Å². The summed E-state index contributed by atoms with van der Waals surface area (Å²) in [6.45, 7) is 8.26. The van der Waals surface area contributed by atoms with Gasteiger partial charge in [0.1, 0.15) is 0 Å². The van der Waals surface area contributed by atoms with E-state index in [4.69, 9.17) is 9.47 Å². The van der Waals surface area contributed by atoms with Crippen LogP contribution in [0.15, 0.2) is 60.8 Å². The molecule has 0 N–H and O–H groups in total. The number of rotatable bonds is 21. The smallest absolute Gasteiger partial charge is 0.302 e. The first kappa shape index (κ1) is 35.8. The second-order valence-corrected chi connectivity index (χ2v) is 8.62. The molecule has 0 aliphatic carbocycles. The van der Waals surface area contributed by atoms with Crippen LogP contribution in [0.5, 0.6) is 0 Å². The van der Waals surface area contributed by atoms with Crippen LogP contribution in [0.3, 0.4) is 0 Å². The Morgan fingerprint density at radius 2 is 0.889 bits per heavy atom. The number of allylic oxidation sites excluding steroid dienone is 8. The Hall–Kier alpha value is -2.36. The third kappa shape index (κ3) is 38.9. The largest absolute Gasteiger partial charge is 0.466 e. The summed E-state index contributed by atoms with van der Waals surface area (Å²) < 4.78 is 9.66. The Balaban J connectivity index is 0. The van der Waals surface area contributed by atoms with E-state index >= 15 is 0 Å². The highest BCUT2D eigenvalue weighted by molar-refractivity contribution is 5.66. The molecule has 4 nitrogen and oxygen atoms in total. The van der Waals surface area contributed by atoms with Crippen LogP contribution >= 0.6 is 0 Å². The highest BCUT2D eigenvalue weighted by Gasteiger charge is 1.89. The second-order valence-electron chi connectivity index (χ2n) is 8.62. The van der Waals surface area contributed by atoms with Crippen LogP contribution in [-0.2, 0) is 19.1 Å². The van der Waals surface area contributed by atoms with Gasteiger partial charge in [-0.05, 0) is 77.0 Å². The van der Waals surface area contributed by atoms with Gasteiger partial charge in [0.2, 0.25) is 0 Å². The zero-order chi connectivity index (χ0) is 27.0. The third-order valence-corrected chi connectivity index (χ3v) is 4.98. The zero-order valence-corrected chi connectivity index (χ0v) is 23.7. The molecule has 4 heteroatoms. The number of esters is 2. The van der Waals surface area contributed by atoms with Crippen LogP contribution in [0.25, 0.3) is 0 Å². The molecule has 0 aromatic carbocycles. The Morgan fingerprint density at radius 1 is 0.500 bits per heavy atom. The number of carbonyl (C=O) groups excluding carboxylic acids is 2. The SMILES string of the molecule is CC/C=C\C/C=C\CCC/C=C/CCOC(C)=O.CCCCC/C=C\CCC/C=C/CCOC(C)=O. The molecule has 0 aliphatic heterocycles. The lowest BCUT2D eigenvalue weighted by molar-refractivity contribution is -0.141. The van der Waals surface area contributed by atoms with Gasteiger partial charge in [0.25, 0.3) is 0 Å². The molecular formula is C32H54O4. The molecule has 0 bridgehead atoms. The Bertz CT molecular complexity index is 626. The van der Waals surface area contributed by atoms with Gasteiger partial charge < -0.3 is 9.47 Å². The molecule has 0 fully saturated rings. The van der Waals surface area contributed by atoms with Crippen LogP contribution < -0.4 is 0 Å². The summed E-state index contributed by atoms with van der Waals surface area (Å²) in [7, 11) is 0. The van der Waals surface area contributed by atoms with Crippen molar-refractivity contribution in [3.05, 3.63) is 60.8 Å². The van der Waals surface area contributed by atoms with Crippen molar-refractivity contribution in [3.63, 3.8) is 0 Å². The number of unbranched alkanes of at least 4 members (excludes halogenated alkanes) is 7. The summed E-state index contributed by atoms with van der Waals surface area (Å²) in [5.74, 6) is -0.401. The lowest BCUT2D eigenvalue weighted by Crippen LogP contribution is -1.98. The minimum atomic E-state index is -0.203. The number of hydrogen-bond acceptors (Lipinski definition) is 4. The summed E-state index contributed by atoms with van der Waals surface area (Å²) in [6, 6.07) is 0. The van der Waals surface area contributed by atoms with Crippen LogP contribution in [0.2, 0.25) is 0 Å². The van der Waals surface area contributed by atoms with E-state index in [2.05, 4.69) is 74.6 Å². The standard InChI is InChI=1S/C16H28O2.C16H26O2/c2*1-3-4-5-6-7-8-9-10-11-12-13-14-15-18-16(2)17/h7-8,12-13H,3-6,9-11,14-15H2,1-2H3;4-5,7-8,12-13H,3,6,9-11,14-15H2,1-2H3/b8-7-,13-12+;5-4-,8-7-,13-12+. The lowest BCUT2D eigenvalue weighted by atomic mass is 10.1. The fraction of sp³-hybridized carbons (Fsp3) is 0.625. The molecule has 0 saturated carbocycles. The second kappa shape index (κ2) is 32.6. The summed E-state index contributed by atoms with van der Waals surface area (Å²) in [6.07, 6.45) is 37.8. The maximum atomic E-state index is 10.5. The molecule has 0 spiro atoms. The predicted octanol–water partition coefficient (Wildman–Crippen LogP) is 9.38. The molecule has 0 aromatic heterocycles. The first-order chi connectivity index (χ1) is 17.5. The van der Waals surface area contributed by atoms with Crippen LogP contribution in [-0.4, -0.2) is 25.2 Å². The van der Waals surface area contributed by atoms with Gasteiger partial charge in [0.05, 0.1) is 13.2 Å². The summed E-state index contributed by atoms with van der Waals surface area (Å²) in [5, 5.41) is 0. The summed E-state index contributed by atoms with van der Waals surface area (Å²) >= 11 is 0. The third-order valence-electron chi connectivity index (χ3n) is 4.98. The van der Waals surface area contributed by atoms with Crippen LogP contribution in [0.1, 0.15) is 118 Å². The number of hydrogen-bond donors (Lipinski definition) is 0. The van der Waals surface area contributed by atoms with E-state index in [1.54, 1.807) is 0 Å². The fourth-order valence-corrected chi connectivity index (χ4v) is 3.02. The summed E-state index contributed by atoms with van der Waals surface area (Å²) in [4.78, 5) is 21.0. The van der Waals surface area contributed by atoms with Crippen LogP contribution in [0.4, 0.5) is 0 Å². The first-order valence-electron chi connectivity index (χ1n) is 14.1. The van der Waals surface area contributed by atoms with Crippen molar-refractivity contribution >= 4 is 11.9 Å². The minimum absolute atomic E-state index is 0.198. The normalized spacial score (nSPS) is 11.7. The number of carbonyl (C=O) groups is 2. The van der Waals surface area contributed by atoms with Crippen molar-refractivity contribution in [3.8, 4) is 0 Å². The van der Waals surface area contributed by atoms with Gasteiger partial charge in [-0.2, -0.15) is 0 Å². The Kier molecular flexibility index (Phi) is 32.5. The molecule has 0 atom stereocenters. The van der Waals surface area contributed by atoms with E-state index in [1.165, 1.54) is 58.8 Å². The highest BCUT2D eigenvalue weighted by atomic mass is 16.5. The monoisotopic (exact) mass is 502 g/mol. The molecule has 0 unspecified atom stereocenters. The first-order valence-corrected chi connectivity index (χ1v) is 14.1. The molecule has 0 heterocycles. The van der Waals surface area contributed by atoms with E-state index in [-0.39, 0.29) is 11.9 Å². The average molecular weight is 503 g/mol. The highest BCUT2D eigenvalue weighted by Crippen LogP contribution is 2.03. The molecule has 0 amide bonds. The molecule has 0 saturated heterocycles. The molecule has 36 heavy (non-hydrogen) atoms. The average Bonchev–Trinajstić information content (AvgIpc) is 2.85. The van der Waals surface area contributed by atoms with Crippen molar-refractivity contribution in [2.45, 2.75) is 118 Å². The van der Waals surface area contributed by atoms with E-state index in [1.807, 2.05) is 0 Å². The van der Waals surface area contributed by atoms with Gasteiger partial charge in [-0.25, -0.2) is 0 Å². The van der Waals surface area contributed by atoms with Crippen molar-refractivity contribution < 1.29 is 19.1 Å². The fourth-order valence-electron chi connectivity index (χ4n) is 3.02. The van der Waals surface area contributed by atoms with Gasteiger partial charge >= 0.3 is 11.9 Å². The molecule has 0 rings (SSSR count). The lowest BCUT2D eigenvalue weighted by Gasteiger charge is -1.96. The van der Waals surface area contributed by atoms with Gasteiger partial charge in [0, 0.05) is 13.8 Å². The van der Waals surface area contributed by atoms with E-state index in [0.29, 0.717) is 13.2 Å². The molecule has 0 aliphatic rings. The van der Waals surface area contributed by atoms with E-state index in [9.17, 15) is 9.59 Å². The maximum Gasteiger partial charge on any atom is 0.302 e. The Morgan fingerprint density at radius 3 is 1.31 bits per heavy atom. The molecule has 0 aromatic rings. The topological polar surface area (TPSA) is 52.6 Å². The quantitative estimate of drug-likeness (QED) is 0.0891. The van der Waals surface area contributed by atoms with E-state index < -0.39 is 0 Å².